The van der Waals surface area contributed by atoms with Crippen molar-refractivity contribution in [2.45, 2.75) is 20.3 Å². The van der Waals surface area contributed by atoms with Gasteiger partial charge >= 0.3 is 0 Å². The molecule has 1 unspecified atom stereocenters. The number of ether oxygens (including phenoxy) is 1. The van der Waals surface area contributed by atoms with Crippen LogP contribution < -0.4 is 15.4 Å². The second-order valence-electron chi connectivity index (χ2n) is 5.74. The van der Waals surface area contributed by atoms with Crippen LogP contribution in [0.25, 0.3) is 0 Å². The minimum absolute atomic E-state index is 0.622. The molecule has 0 aromatic heterocycles. The smallest absolute Gasteiger partial charge is 0.123 e. The van der Waals surface area contributed by atoms with Crippen molar-refractivity contribution in [2.75, 3.05) is 23.8 Å². The third-order valence-corrected chi connectivity index (χ3v) is 3.88. The lowest BCUT2D eigenvalue weighted by Gasteiger charge is -2.35. The third kappa shape index (κ3) is 2.82. The summed E-state index contributed by atoms with van der Waals surface area (Å²) in [4.78, 5) is 2.35. The van der Waals surface area contributed by atoms with E-state index in [1.165, 1.54) is 11.3 Å². The van der Waals surface area contributed by atoms with E-state index in [0.29, 0.717) is 12.5 Å². The zero-order valence-corrected chi connectivity index (χ0v) is 12.7. The summed E-state index contributed by atoms with van der Waals surface area (Å²) in [7, 11) is 0. The van der Waals surface area contributed by atoms with Crippen LogP contribution in [0.5, 0.6) is 5.75 Å². The Bertz CT molecular complexity index is 639. The van der Waals surface area contributed by atoms with Crippen molar-refractivity contribution < 1.29 is 4.74 Å². The molecule has 0 bridgehead atoms. The Morgan fingerprint density at radius 3 is 2.86 bits per heavy atom. The van der Waals surface area contributed by atoms with Crippen molar-refractivity contribution in [1.82, 2.24) is 0 Å². The number of hydrogen-bond acceptors (Lipinski definition) is 3. The van der Waals surface area contributed by atoms with Gasteiger partial charge in [-0.1, -0.05) is 25.1 Å². The van der Waals surface area contributed by atoms with Crippen LogP contribution in [0.3, 0.4) is 0 Å². The molecule has 0 radical (unpaired) electrons. The quantitative estimate of drug-likeness (QED) is 0.865. The van der Waals surface area contributed by atoms with Gasteiger partial charge in [-0.2, -0.15) is 0 Å². The molecule has 0 saturated heterocycles. The number of fused-ring (bicyclic) bond motifs is 1. The van der Waals surface area contributed by atoms with Gasteiger partial charge in [-0.15, -0.1) is 0 Å². The van der Waals surface area contributed by atoms with E-state index < -0.39 is 0 Å². The van der Waals surface area contributed by atoms with Crippen LogP contribution in [0.2, 0.25) is 0 Å². The first-order valence-electron chi connectivity index (χ1n) is 7.56. The number of anilines is 3. The fraction of sp³-hybridized carbons (Fsp3) is 0.333. The van der Waals surface area contributed by atoms with Gasteiger partial charge in [0.2, 0.25) is 0 Å². The van der Waals surface area contributed by atoms with Gasteiger partial charge in [0.1, 0.15) is 5.75 Å². The molecule has 1 aliphatic rings. The second kappa shape index (κ2) is 5.68. The van der Waals surface area contributed by atoms with E-state index in [2.05, 4.69) is 42.2 Å². The van der Waals surface area contributed by atoms with E-state index in [-0.39, 0.29) is 0 Å². The maximum absolute atomic E-state index is 6.04. The van der Waals surface area contributed by atoms with Crippen LogP contribution in [-0.4, -0.2) is 13.2 Å². The molecule has 1 atom stereocenters. The zero-order valence-electron chi connectivity index (χ0n) is 12.7. The number of rotatable bonds is 3. The predicted molar refractivity (Wildman–Crippen MR) is 88.3 cm³/mol. The lowest BCUT2D eigenvalue weighted by molar-refractivity contribution is 0.340. The lowest BCUT2D eigenvalue weighted by Crippen LogP contribution is -2.30. The summed E-state index contributed by atoms with van der Waals surface area (Å²) >= 11 is 0. The van der Waals surface area contributed by atoms with Crippen LogP contribution in [0.15, 0.2) is 42.5 Å². The van der Waals surface area contributed by atoms with Gasteiger partial charge in [0.25, 0.3) is 0 Å². The van der Waals surface area contributed by atoms with Gasteiger partial charge in [-0.3, -0.25) is 0 Å². The molecule has 0 fully saturated rings. The molecule has 1 heterocycles. The number of nitrogens with zero attached hydrogens (tertiary/aromatic N) is 1. The van der Waals surface area contributed by atoms with Crippen molar-refractivity contribution in [3.63, 3.8) is 0 Å². The van der Waals surface area contributed by atoms with Gasteiger partial charge < -0.3 is 15.4 Å². The summed E-state index contributed by atoms with van der Waals surface area (Å²) in [6.07, 6.45) is 1.13. The summed E-state index contributed by atoms with van der Waals surface area (Å²) in [5.41, 5.74) is 10.6. The zero-order chi connectivity index (χ0) is 14.8. The fourth-order valence-corrected chi connectivity index (χ4v) is 3.05. The maximum atomic E-state index is 6.04. The monoisotopic (exact) mass is 282 g/mol. The molecule has 0 spiro atoms. The molecular formula is C18H22N2O. The first-order valence-corrected chi connectivity index (χ1v) is 7.56. The average molecular weight is 282 g/mol. The van der Waals surface area contributed by atoms with Gasteiger partial charge in [-0.05, 0) is 37.0 Å². The predicted octanol–water partition coefficient (Wildman–Crippen LogP) is 4.00. The number of nitrogen functional groups attached to an aromatic ring is 1. The number of nitrogens with two attached hydrogens (primary N) is 1. The van der Waals surface area contributed by atoms with Crippen LogP contribution in [0.4, 0.5) is 17.1 Å². The summed E-state index contributed by atoms with van der Waals surface area (Å²) in [5, 5.41) is 0. The summed E-state index contributed by atoms with van der Waals surface area (Å²) in [6.45, 7) is 5.93. The largest absolute Gasteiger partial charge is 0.494 e. The molecule has 1 aliphatic heterocycles. The van der Waals surface area contributed by atoms with Crippen LogP contribution >= 0.6 is 0 Å². The van der Waals surface area contributed by atoms with Crippen LogP contribution in [-0.2, 0) is 6.42 Å². The molecule has 2 aromatic rings. The Hall–Kier alpha value is -2.16. The minimum Gasteiger partial charge on any atom is -0.494 e. The Morgan fingerprint density at radius 2 is 2.05 bits per heavy atom. The van der Waals surface area contributed by atoms with Crippen molar-refractivity contribution in [2.24, 2.45) is 5.92 Å². The molecule has 0 saturated carbocycles. The van der Waals surface area contributed by atoms with Gasteiger partial charge in [0, 0.05) is 35.7 Å². The van der Waals surface area contributed by atoms with Crippen molar-refractivity contribution >= 4 is 17.1 Å². The Morgan fingerprint density at radius 1 is 1.24 bits per heavy atom. The molecule has 3 nitrogen and oxygen atoms in total. The van der Waals surface area contributed by atoms with E-state index in [1.54, 1.807) is 0 Å². The molecule has 110 valence electrons. The Balaban J connectivity index is 2.04. The van der Waals surface area contributed by atoms with Crippen LogP contribution in [0, 0.1) is 5.92 Å². The summed E-state index contributed by atoms with van der Waals surface area (Å²) in [5.74, 6) is 1.46. The summed E-state index contributed by atoms with van der Waals surface area (Å²) < 4.78 is 5.63. The average Bonchev–Trinajstić information content (AvgIpc) is 2.46. The van der Waals surface area contributed by atoms with Gasteiger partial charge in [0.05, 0.1) is 6.61 Å². The topological polar surface area (TPSA) is 38.5 Å². The SMILES string of the molecule is CCOc1cc(N)cc(N2CC(C)Cc3ccccc32)c1. The van der Waals surface area contributed by atoms with Crippen molar-refractivity contribution in [1.29, 1.82) is 0 Å². The highest BCUT2D eigenvalue weighted by molar-refractivity contribution is 5.72. The minimum atomic E-state index is 0.622. The highest BCUT2D eigenvalue weighted by Gasteiger charge is 2.23. The van der Waals surface area contributed by atoms with E-state index in [0.717, 1.165) is 30.1 Å². The molecule has 0 aliphatic carbocycles. The lowest BCUT2D eigenvalue weighted by atomic mass is 9.93. The maximum Gasteiger partial charge on any atom is 0.123 e. The molecule has 3 rings (SSSR count). The molecule has 21 heavy (non-hydrogen) atoms. The molecular weight excluding hydrogens is 260 g/mol. The van der Waals surface area contributed by atoms with E-state index in [4.69, 9.17) is 10.5 Å². The molecule has 3 heteroatoms. The summed E-state index contributed by atoms with van der Waals surface area (Å²) in [6, 6.07) is 14.6. The number of benzene rings is 2. The van der Waals surface area contributed by atoms with E-state index in [1.807, 2.05) is 19.1 Å². The highest BCUT2D eigenvalue weighted by atomic mass is 16.5. The fourth-order valence-electron chi connectivity index (χ4n) is 3.05. The Kier molecular flexibility index (Phi) is 3.74. The third-order valence-electron chi connectivity index (χ3n) is 3.88. The first-order chi connectivity index (χ1) is 10.2. The molecule has 0 amide bonds. The normalized spacial score (nSPS) is 17.4. The van der Waals surface area contributed by atoms with Crippen molar-refractivity contribution in [3.05, 3.63) is 48.0 Å². The molecule has 2 N–H and O–H groups in total. The first kappa shape index (κ1) is 13.8. The standard InChI is InChI=1S/C18H22N2O/c1-3-21-17-10-15(19)9-16(11-17)20-12-13(2)8-14-6-4-5-7-18(14)20/h4-7,9-11,13H,3,8,12,19H2,1-2H3. The van der Waals surface area contributed by atoms with Gasteiger partial charge in [-0.25, -0.2) is 0 Å². The highest BCUT2D eigenvalue weighted by Crippen LogP contribution is 2.37. The van der Waals surface area contributed by atoms with Gasteiger partial charge in [0.15, 0.2) is 0 Å². The van der Waals surface area contributed by atoms with Crippen molar-refractivity contribution in [3.8, 4) is 5.75 Å². The van der Waals surface area contributed by atoms with E-state index >= 15 is 0 Å². The van der Waals surface area contributed by atoms with E-state index in [9.17, 15) is 0 Å². The van der Waals surface area contributed by atoms with Crippen LogP contribution in [0.1, 0.15) is 19.4 Å². The molecule has 2 aromatic carbocycles. The Labute approximate surface area is 126 Å². The number of para-hydroxylation sites is 1. The number of hydrogen-bond donors (Lipinski definition) is 1. The second-order valence-corrected chi connectivity index (χ2v) is 5.74.